The summed E-state index contributed by atoms with van der Waals surface area (Å²) in [4.78, 5) is 13.4. The normalized spacial score (nSPS) is 14.7. The Balaban J connectivity index is 1.79. The van der Waals surface area contributed by atoms with Crippen LogP contribution in [0.4, 0.5) is 16.2 Å². The quantitative estimate of drug-likeness (QED) is 0.902. The summed E-state index contributed by atoms with van der Waals surface area (Å²) in [6, 6.07) is 13.3. The summed E-state index contributed by atoms with van der Waals surface area (Å²) in [6.45, 7) is 3.06. The molecule has 0 spiro atoms. The predicted molar refractivity (Wildman–Crippen MR) is 89.2 cm³/mol. The number of carbonyl (C=O) groups excluding carboxylic acids is 1. The van der Waals surface area contributed by atoms with Crippen LogP contribution in [-0.4, -0.2) is 27.5 Å². The van der Waals surface area contributed by atoms with Gasteiger partial charge in [-0.1, -0.05) is 12.1 Å². The monoisotopic (exact) mass is 331 g/mol. The number of nitrogens with zero attached hydrogens (tertiary/aromatic N) is 1. The minimum absolute atomic E-state index is 0.141. The summed E-state index contributed by atoms with van der Waals surface area (Å²) in [5.41, 5.74) is 2.07. The molecule has 0 aromatic heterocycles. The maximum atomic E-state index is 12.4. The first-order valence-corrected chi connectivity index (χ1v) is 8.69. The first-order valence-electron chi connectivity index (χ1n) is 7.21. The zero-order valence-corrected chi connectivity index (χ0v) is 13.4. The molecule has 0 atom stereocenters. The highest BCUT2D eigenvalue weighted by Gasteiger charge is 2.21. The summed E-state index contributed by atoms with van der Waals surface area (Å²) in [5.74, 6) is 0. The van der Waals surface area contributed by atoms with E-state index >= 15 is 0 Å². The molecule has 0 unspecified atom stereocenters. The summed E-state index contributed by atoms with van der Waals surface area (Å²) in [7, 11) is -3.62. The number of rotatable bonds is 4. The topological polar surface area (TPSA) is 78.5 Å². The van der Waals surface area contributed by atoms with E-state index in [2.05, 4.69) is 10.0 Å². The third-order valence-corrected chi connectivity index (χ3v) is 4.97. The lowest BCUT2D eigenvalue weighted by molar-refractivity contribution is 0.252. The van der Waals surface area contributed by atoms with Crippen molar-refractivity contribution < 1.29 is 13.2 Å². The number of nitrogens with one attached hydrogen (secondary N) is 2. The number of urea groups is 1. The van der Waals surface area contributed by atoms with Gasteiger partial charge in [0.1, 0.15) is 0 Å². The summed E-state index contributed by atoms with van der Waals surface area (Å²) < 4.78 is 27.3. The highest BCUT2D eigenvalue weighted by atomic mass is 32.2. The summed E-state index contributed by atoms with van der Waals surface area (Å²) >= 11 is 0. The van der Waals surface area contributed by atoms with Crippen molar-refractivity contribution in [2.75, 3.05) is 22.7 Å². The van der Waals surface area contributed by atoms with Crippen molar-refractivity contribution in [1.82, 2.24) is 5.32 Å². The van der Waals surface area contributed by atoms with Gasteiger partial charge in [-0.25, -0.2) is 13.2 Å². The average Bonchev–Trinajstić information content (AvgIpc) is 2.94. The molecule has 1 aliphatic rings. The Labute approximate surface area is 135 Å². The van der Waals surface area contributed by atoms with Crippen LogP contribution in [0.25, 0.3) is 0 Å². The van der Waals surface area contributed by atoms with E-state index in [-0.39, 0.29) is 10.9 Å². The molecule has 2 N–H and O–H groups in total. The molecule has 2 amide bonds. The third kappa shape index (κ3) is 3.29. The fraction of sp³-hybridized carbons (Fsp3) is 0.188. The number of hydrogen-bond donors (Lipinski definition) is 2. The Bertz CT molecular complexity index is 832. The number of benzene rings is 2. The molecule has 0 saturated carbocycles. The number of hydrogen-bond acceptors (Lipinski definition) is 3. The molecule has 120 valence electrons. The molecule has 3 rings (SSSR count). The highest BCUT2D eigenvalue weighted by molar-refractivity contribution is 7.92. The smallest absolute Gasteiger partial charge is 0.321 e. The van der Waals surface area contributed by atoms with E-state index in [0.29, 0.717) is 18.8 Å². The average molecular weight is 331 g/mol. The molecule has 1 heterocycles. The lowest BCUT2D eigenvalue weighted by Gasteiger charge is -2.15. The van der Waals surface area contributed by atoms with Gasteiger partial charge in [-0.2, -0.15) is 0 Å². The number of amides is 2. The van der Waals surface area contributed by atoms with Gasteiger partial charge in [0, 0.05) is 24.5 Å². The minimum Gasteiger partial charge on any atom is -0.336 e. The maximum Gasteiger partial charge on any atom is 0.321 e. The molecule has 7 heteroatoms. The molecular weight excluding hydrogens is 314 g/mol. The van der Waals surface area contributed by atoms with Crippen LogP contribution in [0, 0.1) is 6.92 Å². The van der Waals surface area contributed by atoms with E-state index in [9.17, 15) is 13.2 Å². The van der Waals surface area contributed by atoms with Crippen molar-refractivity contribution in [3.05, 3.63) is 54.1 Å². The molecule has 0 bridgehead atoms. The van der Waals surface area contributed by atoms with Gasteiger partial charge in [0.25, 0.3) is 10.0 Å². The number of aryl methyl sites for hydroxylation is 1. The first-order chi connectivity index (χ1) is 11.0. The van der Waals surface area contributed by atoms with Gasteiger partial charge < -0.3 is 5.32 Å². The molecule has 23 heavy (non-hydrogen) atoms. The Hall–Kier alpha value is -2.54. The minimum atomic E-state index is -3.62. The van der Waals surface area contributed by atoms with E-state index in [1.807, 2.05) is 13.0 Å². The van der Waals surface area contributed by atoms with Crippen molar-refractivity contribution in [1.29, 1.82) is 0 Å². The second-order valence-corrected chi connectivity index (χ2v) is 7.03. The van der Waals surface area contributed by atoms with Crippen molar-refractivity contribution in [2.45, 2.75) is 11.8 Å². The molecule has 1 aliphatic heterocycles. The fourth-order valence-corrected chi connectivity index (χ4v) is 3.59. The van der Waals surface area contributed by atoms with Gasteiger partial charge in [0.05, 0.1) is 4.90 Å². The Morgan fingerprint density at radius 3 is 2.48 bits per heavy atom. The van der Waals surface area contributed by atoms with E-state index in [1.54, 1.807) is 47.4 Å². The second-order valence-electron chi connectivity index (χ2n) is 5.35. The maximum absolute atomic E-state index is 12.4. The standard InChI is InChI=1S/C16H17N3O3S/c1-12-3-2-4-15(11-12)23(21,22)18-13-5-7-14(8-6-13)19-10-9-17-16(19)20/h2-8,11,18H,9-10H2,1H3,(H,17,20). The lowest BCUT2D eigenvalue weighted by Crippen LogP contribution is -2.27. The summed E-state index contributed by atoms with van der Waals surface area (Å²) in [5, 5.41) is 2.72. The molecule has 0 aliphatic carbocycles. The van der Waals surface area contributed by atoms with E-state index in [4.69, 9.17) is 0 Å². The zero-order chi connectivity index (χ0) is 16.4. The summed E-state index contributed by atoms with van der Waals surface area (Å²) in [6.07, 6.45) is 0. The van der Waals surface area contributed by atoms with Gasteiger partial charge in [0.15, 0.2) is 0 Å². The molecule has 6 nitrogen and oxygen atoms in total. The lowest BCUT2D eigenvalue weighted by atomic mass is 10.2. The highest BCUT2D eigenvalue weighted by Crippen LogP contribution is 2.22. The second kappa shape index (κ2) is 5.92. The van der Waals surface area contributed by atoms with Gasteiger partial charge in [0.2, 0.25) is 0 Å². The largest absolute Gasteiger partial charge is 0.336 e. The number of sulfonamides is 1. The van der Waals surface area contributed by atoms with Crippen LogP contribution in [0.15, 0.2) is 53.4 Å². The van der Waals surface area contributed by atoms with Crippen LogP contribution in [0.5, 0.6) is 0 Å². The number of anilines is 2. The first kappa shape index (κ1) is 15.4. The molecule has 2 aromatic carbocycles. The molecule has 1 fully saturated rings. The predicted octanol–water partition coefficient (Wildman–Crippen LogP) is 2.33. The van der Waals surface area contributed by atoms with Crippen LogP contribution in [0.2, 0.25) is 0 Å². The van der Waals surface area contributed by atoms with Crippen LogP contribution >= 0.6 is 0 Å². The Morgan fingerprint density at radius 1 is 1.13 bits per heavy atom. The van der Waals surface area contributed by atoms with Gasteiger partial charge in [-0.05, 0) is 48.9 Å². The van der Waals surface area contributed by atoms with Crippen LogP contribution < -0.4 is 14.9 Å². The van der Waals surface area contributed by atoms with Crippen LogP contribution in [-0.2, 0) is 10.0 Å². The molecule has 0 radical (unpaired) electrons. The van der Waals surface area contributed by atoms with Crippen LogP contribution in [0.1, 0.15) is 5.56 Å². The Kier molecular flexibility index (Phi) is 3.96. The zero-order valence-electron chi connectivity index (χ0n) is 12.6. The number of carbonyl (C=O) groups is 1. The van der Waals surface area contributed by atoms with Crippen molar-refractivity contribution in [3.63, 3.8) is 0 Å². The van der Waals surface area contributed by atoms with Crippen molar-refractivity contribution in [3.8, 4) is 0 Å². The third-order valence-electron chi connectivity index (χ3n) is 3.59. The molecular formula is C16H17N3O3S. The van der Waals surface area contributed by atoms with E-state index in [0.717, 1.165) is 11.3 Å². The SMILES string of the molecule is Cc1cccc(S(=O)(=O)Nc2ccc(N3CCNC3=O)cc2)c1. The van der Waals surface area contributed by atoms with Gasteiger partial charge in [-0.3, -0.25) is 9.62 Å². The van der Waals surface area contributed by atoms with Gasteiger partial charge >= 0.3 is 6.03 Å². The van der Waals surface area contributed by atoms with Crippen LogP contribution in [0.3, 0.4) is 0 Å². The van der Waals surface area contributed by atoms with E-state index < -0.39 is 10.0 Å². The molecule has 2 aromatic rings. The van der Waals surface area contributed by atoms with E-state index in [1.165, 1.54) is 0 Å². The fourth-order valence-electron chi connectivity index (χ4n) is 2.42. The molecule has 1 saturated heterocycles. The van der Waals surface area contributed by atoms with Crippen molar-refractivity contribution in [2.24, 2.45) is 0 Å². The Morgan fingerprint density at radius 2 is 1.87 bits per heavy atom. The van der Waals surface area contributed by atoms with Crippen molar-refractivity contribution >= 4 is 27.4 Å². The van der Waals surface area contributed by atoms with Gasteiger partial charge in [-0.15, -0.1) is 0 Å².